The van der Waals surface area contributed by atoms with Crippen LogP contribution in [0.4, 0.5) is 4.79 Å². The highest BCUT2D eigenvalue weighted by molar-refractivity contribution is 5.74. The van der Waals surface area contributed by atoms with Crippen LogP contribution in [-0.4, -0.2) is 30.3 Å². The van der Waals surface area contributed by atoms with Crippen LogP contribution in [0, 0.1) is 11.3 Å². The van der Waals surface area contributed by atoms with Gasteiger partial charge >= 0.3 is 6.03 Å². The summed E-state index contributed by atoms with van der Waals surface area (Å²) in [6, 6.07) is -0.281. The summed E-state index contributed by atoms with van der Waals surface area (Å²) in [6.45, 7) is 7.15. The lowest BCUT2D eigenvalue weighted by molar-refractivity contribution is 0.212. The molecule has 0 aliphatic heterocycles. The van der Waals surface area contributed by atoms with Crippen molar-refractivity contribution in [2.75, 3.05) is 13.2 Å². The lowest BCUT2D eigenvalue weighted by atomic mass is 9.94. The van der Waals surface area contributed by atoms with E-state index in [1.165, 1.54) is 19.3 Å². The largest absolute Gasteiger partial charge is 0.394 e. The van der Waals surface area contributed by atoms with Crippen molar-refractivity contribution in [3.05, 3.63) is 0 Å². The van der Waals surface area contributed by atoms with Crippen molar-refractivity contribution in [1.29, 1.82) is 0 Å². The molecule has 1 atom stereocenters. The molecule has 0 heterocycles. The van der Waals surface area contributed by atoms with Crippen LogP contribution < -0.4 is 10.6 Å². The van der Waals surface area contributed by atoms with Crippen molar-refractivity contribution >= 4 is 6.03 Å². The molecule has 0 bridgehead atoms. The number of aliphatic hydroxyl groups is 1. The Morgan fingerprint density at radius 3 is 2.47 bits per heavy atom. The van der Waals surface area contributed by atoms with Crippen molar-refractivity contribution in [2.24, 2.45) is 11.3 Å². The fourth-order valence-corrected chi connectivity index (χ4v) is 2.28. The Bertz CT molecular complexity index is 246. The molecule has 1 unspecified atom stereocenters. The third-order valence-corrected chi connectivity index (χ3v) is 3.47. The van der Waals surface area contributed by atoms with Gasteiger partial charge in [-0.25, -0.2) is 4.79 Å². The van der Waals surface area contributed by atoms with E-state index in [4.69, 9.17) is 5.11 Å². The van der Waals surface area contributed by atoms with Crippen molar-refractivity contribution in [3.8, 4) is 0 Å². The smallest absolute Gasteiger partial charge is 0.315 e. The first-order chi connectivity index (χ1) is 8.01. The SMILES string of the molecule is CCC(CO)NC(=O)NCC1(CC(C)C)CC1. The number of hydrogen-bond acceptors (Lipinski definition) is 2. The van der Waals surface area contributed by atoms with E-state index in [0.717, 1.165) is 13.0 Å². The maximum absolute atomic E-state index is 11.6. The second kappa shape index (κ2) is 6.24. The second-order valence-electron chi connectivity index (χ2n) is 5.71. The predicted molar refractivity (Wildman–Crippen MR) is 68.8 cm³/mol. The summed E-state index contributed by atoms with van der Waals surface area (Å²) < 4.78 is 0. The van der Waals surface area contributed by atoms with Crippen LogP contribution in [0.5, 0.6) is 0 Å². The fraction of sp³-hybridized carbons (Fsp3) is 0.923. The number of hydrogen-bond donors (Lipinski definition) is 3. The minimum absolute atomic E-state index is 0.00105. The second-order valence-corrected chi connectivity index (χ2v) is 5.71. The summed E-state index contributed by atoms with van der Waals surface area (Å²) in [5, 5.41) is 14.7. The van der Waals surface area contributed by atoms with E-state index in [-0.39, 0.29) is 18.7 Å². The van der Waals surface area contributed by atoms with Gasteiger partial charge in [0.1, 0.15) is 0 Å². The van der Waals surface area contributed by atoms with Gasteiger partial charge in [0, 0.05) is 6.54 Å². The Hall–Kier alpha value is -0.770. The van der Waals surface area contributed by atoms with Crippen molar-refractivity contribution in [1.82, 2.24) is 10.6 Å². The average molecular weight is 242 g/mol. The molecule has 1 saturated carbocycles. The Morgan fingerprint density at radius 1 is 1.41 bits per heavy atom. The summed E-state index contributed by atoms with van der Waals surface area (Å²) in [5.41, 5.74) is 0.354. The Kier molecular flexibility index (Phi) is 5.25. The molecular formula is C13H26N2O2. The maximum atomic E-state index is 11.6. The van der Waals surface area contributed by atoms with Crippen molar-refractivity contribution in [2.45, 2.75) is 52.5 Å². The lowest BCUT2D eigenvalue weighted by Gasteiger charge is -2.20. The molecule has 1 rings (SSSR count). The van der Waals surface area contributed by atoms with Gasteiger partial charge in [0.2, 0.25) is 0 Å². The van der Waals surface area contributed by atoms with Gasteiger partial charge in [-0.05, 0) is 37.0 Å². The highest BCUT2D eigenvalue weighted by Gasteiger charge is 2.42. The molecule has 100 valence electrons. The number of amides is 2. The molecule has 0 spiro atoms. The minimum atomic E-state index is -0.152. The zero-order chi connectivity index (χ0) is 12.9. The molecule has 1 fully saturated rings. The molecule has 2 amide bonds. The minimum Gasteiger partial charge on any atom is -0.394 e. The topological polar surface area (TPSA) is 61.4 Å². The first kappa shape index (κ1) is 14.3. The maximum Gasteiger partial charge on any atom is 0.315 e. The summed E-state index contributed by atoms with van der Waals surface area (Å²) >= 11 is 0. The summed E-state index contributed by atoms with van der Waals surface area (Å²) in [7, 11) is 0. The van der Waals surface area contributed by atoms with Crippen LogP contribution in [0.1, 0.15) is 46.5 Å². The van der Waals surface area contributed by atoms with Crippen molar-refractivity contribution in [3.63, 3.8) is 0 Å². The van der Waals surface area contributed by atoms with E-state index in [9.17, 15) is 4.79 Å². The molecule has 1 aliphatic rings. The fourth-order valence-electron chi connectivity index (χ4n) is 2.28. The zero-order valence-corrected chi connectivity index (χ0v) is 11.3. The van der Waals surface area contributed by atoms with Gasteiger partial charge in [-0.15, -0.1) is 0 Å². The zero-order valence-electron chi connectivity index (χ0n) is 11.3. The van der Waals surface area contributed by atoms with E-state index >= 15 is 0 Å². The molecule has 0 aromatic heterocycles. The molecule has 4 nitrogen and oxygen atoms in total. The summed E-state index contributed by atoms with van der Waals surface area (Å²) in [6.07, 6.45) is 4.39. The van der Waals surface area contributed by atoms with Gasteiger partial charge in [0.15, 0.2) is 0 Å². The summed E-state index contributed by atoms with van der Waals surface area (Å²) in [5.74, 6) is 0.684. The molecule has 0 radical (unpaired) electrons. The number of carbonyl (C=O) groups excluding carboxylic acids is 1. The first-order valence-corrected chi connectivity index (χ1v) is 6.66. The number of aliphatic hydroxyl groups excluding tert-OH is 1. The average Bonchev–Trinajstić information content (AvgIpc) is 3.02. The van der Waals surface area contributed by atoms with Crippen LogP contribution in [-0.2, 0) is 0 Å². The number of carbonyl (C=O) groups is 1. The third kappa shape index (κ3) is 4.94. The molecule has 0 aromatic rings. The molecule has 0 aromatic carbocycles. The van der Waals surface area contributed by atoms with E-state index in [1.54, 1.807) is 0 Å². The number of rotatable bonds is 7. The van der Waals surface area contributed by atoms with Gasteiger partial charge in [0.25, 0.3) is 0 Å². The Labute approximate surface area is 104 Å². The molecule has 4 heteroatoms. The van der Waals surface area contributed by atoms with Gasteiger partial charge in [-0.3, -0.25) is 0 Å². The van der Waals surface area contributed by atoms with Gasteiger partial charge in [0.05, 0.1) is 12.6 Å². The number of urea groups is 1. The summed E-state index contributed by atoms with van der Waals surface area (Å²) in [4.78, 5) is 11.6. The Balaban J connectivity index is 2.24. The molecule has 0 saturated heterocycles. The van der Waals surface area contributed by atoms with Crippen LogP contribution in [0.3, 0.4) is 0 Å². The first-order valence-electron chi connectivity index (χ1n) is 6.66. The standard InChI is InChI=1S/C13H26N2O2/c1-4-11(8-16)15-12(17)14-9-13(5-6-13)7-10(2)3/h10-11,16H,4-9H2,1-3H3,(H2,14,15,17). The van der Waals surface area contributed by atoms with Crippen LogP contribution in [0.15, 0.2) is 0 Å². The number of nitrogens with one attached hydrogen (secondary N) is 2. The normalized spacial score (nSPS) is 18.9. The van der Waals surface area contributed by atoms with Gasteiger partial charge < -0.3 is 15.7 Å². The molecule has 1 aliphatic carbocycles. The van der Waals surface area contributed by atoms with E-state index in [2.05, 4.69) is 24.5 Å². The molecule has 17 heavy (non-hydrogen) atoms. The quantitative estimate of drug-likeness (QED) is 0.638. The third-order valence-electron chi connectivity index (χ3n) is 3.47. The molecule has 3 N–H and O–H groups in total. The van der Waals surface area contributed by atoms with Crippen LogP contribution in [0.2, 0.25) is 0 Å². The highest BCUT2D eigenvalue weighted by Crippen LogP contribution is 2.49. The molecular weight excluding hydrogens is 216 g/mol. The van der Waals surface area contributed by atoms with Gasteiger partial charge in [-0.1, -0.05) is 20.8 Å². The van der Waals surface area contributed by atoms with Crippen molar-refractivity contribution < 1.29 is 9.90 Å². The van der Waals surface area contributed by atoms with E-state index < -0.39 is 0 Å². The van der Waals surface area contributed by atoms with Gasteiger partial charge in [-0.2, -0.15) is 0 Å². The van der Waals surface area contributed by atoms with E-state index in [1.807, 2.05) is 6.92 Å². The van der Waals surface area contributed by atoms with E-state index in [0.29, 0.717) is 11.3 Å². The monoisotopic (exact) mass is 242 g/mol. The highest BCUT2D eigenvalue weighted by atomic mass is 16.3. The predicted octanol–water partition coefficient (Wildman–Crippen LogP) is 1.88. The lowest BCUT2D eigenvalue weighted by Crippen LogP contribution is -2.45. The Morgan fingerprint density at radius 2 is 2.06 bits per heavy atom. The van der Waals surface area contributed by atoms with Crippen LogP contribution >= 0.6 is 0 Å². The van der Waals surface area contributed by atoms with Crippen LogP contribution in [0.25, 0.3) is 0 Å².